The third kappa shape index (κ3) is 3.82. The fraction of sp³-hybridized carbons (Fsp3) is 0.733. The average molecular weight is 278 g/mol. The summed E-state index contributed by atoms with van der Waals surface area (Å²) in [6.45, 7) is 8.01. The maximum Gasteiger partial charge on any atom is 0.136 e. The molecule has 1 N–H and O–H groups in total. The summed E-state index contributed by atoms with van der Waals surface area (Å²) in [7, 11) is 2.12. The summed E-state index contributed by atoms with van der Waals surface area (Å²) >= 11 is 0. The van der Waals surface area contributed by atoms with Crippen LogP contribution in [0.5, 0.6) is 0 Å². The molecule has 0 amide bonds. The number of anilines is 2. The van der Waals surface area contributed by atoms with Crippen molar-refractivity contribution in [2.45, 2.75) is 33.1 Å². The molecule has 0 radical (unpaired) electrons. The van der Waals surface area contributed by atoms with Crippen molar-refractivity contribution >= 4 is 11.6 Å². The van der Waals surface area contributed by atoms with Gasteiger partial charge in [0.15, 0.2) is 0 Å². The van der Waals surface area contributed by atoms with Crippen molar-refractivity contribution in [1.29, 1.82) is 0 Å². The van der Waals surface area contributed by atoms with E-state index in [0.717, 1.165) is 62.8 Å². The minimum atomic E-state index is 0.704. The lowest BCUT2D eigenvalue weighted by Crippen LogP contribution is -2.30. The van der Waals surface area contributed by atoms with Crippen molar-refractivity contribution in [2.24, 2.45) is 5.92 Å². The topological polar surface area (TPSA) is 50.3 Å². The molecule has 5 heteroatoms. The molecule has 1 saturated heterocycles. The third-order valence-corrected chi connectivity index (χ3v) is 3.83. The van der Waals surface area contributed by atoms with Crippen LogP contribution < -0.4 is 10.2 Å². The normalized spacial score (nSPS) is 16.1. The van der Waals surface area contributed by atoms with Crippen molar-refractivity contribution in [3.05, 3.63) is 11.9 Å². The molecule has 1 aliphatic heterocycles. The fourth-order valence-electron chi connectivity index (χ4n) is 2.65. The van der Waals surface area contributed by atoms with E-state index >= 15 is 0 Å². The Morgan fingerprint density at radius 1 is 1.35 bits per heavy atom. The SMILES string of the molecule is CCCNc1ncnc(N(C)CC2CCOCC2)c1C. The molecule has 2 rings (SSSR count). The van der Waals surface area contributed by atoms with Gasteiger partial charge in [-0.2, -0.15) is 0 Å². The molecular formula is C15H26N4O. The lowest BCUT2D eigenvalue weighted by molar-refractivity contribution is 0.0685. The Labute approximate surface area is 121 Å². The van der Waals surface area contributed by atoms with E-state index in [9.17, 15) is 0 Å². The van der Waals surface area contributed by atoms with Gasteiger partial charge in [0.1, 0.15) is 18.0 Å². The molecule has 2 heterocycles. The Hall–Kier alpha value is -1.36. The molecular weight excluding hydrogens is 252 g/mol. The highest BCUT2D eigenvalue weighted by Crippen LogP contribution is 2.24. The minimum absolute atomic E-state index is 0.704. The molecule has 1 aromatic heterocycles. The standard InChI is InChI=1S/C15H26N4O/c1-4-7-16-14-12(2)15(18-11-17-14)19(3)10-13-5-8-20-9-6-13/h11,13H,4-10H2,1-3H3,(H,16,17,18). The van der Waals surface area contributed by atoms with Crippen LogP contribution in [0.3, 0.4) is 0 Å². The van der Waals surface area contributed by atoms with E-state index in [1.807, 2.05) is 0 Å². The van der Waals surface area contributed by atoms with Crippen LogP contribution in [0, 0.1) is 12.8 Å². The van der Waals surface area contributed by atoms with Gasteiger partial charge in [0.2, 0.25) is 0 Å². The van der Waals surface area contributed by atoms with Crippen LogP contribution in [0.2, 0.25) is 0 Å². The smallest absolute Gasteiger partial charge is 0.136 e. The first-order chi connectivity index (χ1) is 9.72. The first-order valence-corrected chi connectivity index (χ1v) is 7.56. The summed E-state index contributed by atoms with van der Waals surface area (Å²) in [4.78, 5) is 11.0. The van der Waals surface area contributed by atoms with Gasteiger partial charge in [-0.3, -0.25) is 0 Å². The molecule has 1 aliphatic rings. The van der Waals surface area contributed by atoms with E-state index in [4.69, 9.17) is 4.74 Å². The Morgan fingerprint density at radius 3 is 2.80 bits per heavy atom. The number of aromatic nitrogens is 2. The molecule has 1 fully saturated rings. The van der Waals surface area contributed by atoms with E-state index in [0.29, 0.717) is 5.92 Å². The van der Waals surface area contributed by atoms with Crippen molar-refractivity contribution in [3.63, 3.8) is 0 Å². The third-order valence-electron chi connectivity index (χ3n) is 3.83. The van der Waals surface area contributed by atoms with Crippen molar-refractivity contribution in [2.75, 3.05) is 43.6 Å². The Bertz CT molecular complexity index is 418. The van der Waals surface area contributed by atoms with Gasteiger partial charge in [-0.05, 0) is 32.1 Å². The summed E-state index contributed by atoms with van der Waals surface area (Å²) in [6.07, 6.45) is 5.04. The maximum atomic E-state index is 5.42. The lowest BCUT2D eigenvalue weighted by Gasteiger charge is -2.28. The molecule has 0 bridgehead atoms. The number of nitrogens with zero attached hydrogens (tertiary/aromatic N) is 3. The van der Waals surface area contributed by atoms with Gasteiger partial charge in [-0.25, -0.2) is 9.97 Å². The van der Waals surface area contributed by atoms with Crippen molar-refractivity contribution in [3.8, 4) is 0 Å². The van der Waals surface area contributed by atoms with Gasteiger partial charge in [0.25, 0.3) is 0 Å². The molecule has 112 valence electrons. The van der Waals surface area contributed by atoms with E-state index in [-0.39, 0.29) is 0 Å². The van der Waals surface area contributed by atoms with E-state index < -0.39 is 0 Å². The number of rotatable bonds is 6. The zero-order chi connectivity index (χ0) is 14.4. The molecule has 0 unspecified atom stereocenters. The molecule has 0 aromatic carbocycles. The van der Waals surface area contributed by atoms with Crippen LogP contribution >= 0.6 is 0 Å². The van der Waals surface area contributed by atoms with Gasteiger partial charge in [-0.15, -0.1) is 0 Å². The molecule has 1 aromatic rings. The van der Waals surface area contributed by atoms with Crippen LogP contribution in [0.15, 0.2) is 6.33 Å². The number of nitrogens with one attached hydrogen (secondary N) is 1. The number of hydrogen-bond acceptors (Lipinski definition) is 5. The van der Waals surface area contributed by atoms with E-state index in [2.05, 4.69) is 41.1 Å². The lowest BCUT2D eigenvalue weighted by atomic mass is 10.00. The van der Waals surface area contributed by atoms with E-state index in [1.165, 1.54) is 0 Å². The second-order valence-electron chi connectivity index (χ2n) is 5.53. The number of hydrogen-bond donors (Lipinski definition) is 1. The zero-order valence-corrected chi connectivity index (χ0v) is 12.9. The highest BCUT2D eigenvalue weighted by atomic mass is 16.5. The van der Waals surface area contributed by atoms with Crippen LogP contribution in [0.25, 0.3) is 0 Å². The minimum Gasteiger partial charge on any atom is -0.381 e. The van der Waals surface area contributed by atoms with Crippen LogP contribution in [0.4, 0.5) is 11.6 Å². The summed E-state index contributed by atoms with van der Waals surface area (Å²) in [5.41, 5.74) is 1.13. The monoisotopic (exact) mass is 278 g/mol. The quantitative estimate of drug-likeness (QED) is 0.866. The van der Waals surface area contributed by atoms with Gasteiger partial charge in [0, 0.05) is 38.9 Å². The van der Waals surface area contributed by atoms with Crippen LogP contribution in [0.1, 0.15) is 31.7 Å². The molecule has 20 heavy (non-hydrogen) atoms. The maximum absolute atomic E-state index is 5.42. The highest BCUT2D eigenvalue weighted by Gasteiger charge is 2.18. The first-order valence-electron chi connectivity index (χ1n) is 7.56. The zero-order valence-electron chi connectivity index (χ0n) is 12.9. The summed E-state index contributed by atoms with van der Waals surface area (Å²) in [6, 6.07) is 0. The average Bonchev–Trinajstić information content (AvgIpc) is 2.47. The highest BCUT2D eigenvalue weighted by molar-refractivity contribution is 5.57. The summed E-state index contributed by atoms with van der Waals surface area (Å²) in [5, 5.41) is 3.36. The largest absolute Gasteiger partial charge is 0.381 e. The van der Waals surface area contributed by atoms with E-state index in [1.54, 1.807) is 6.33 Å². The van der Waals surface area contributed by atoms with Gasteiger partial charge in [-0.1, -0.05) is 6.92 Å². The molecule has 0 aliphatic carbocycles. The van der Waals surface area contributed by atoms with Crippen molar-refractivity contribution < 1.29 is 4.74 Å². The second-order valence-corrected chi connectivity index (χ2v) is 5.53. The van der Waals surface area contributed by atoms with Crippen LogP contribution in [-0.2, 0) is 4.74 Å². The predicted molar refractivity (Wildman–Crippen MR) is 82.4 cm³/mol. The molecule has 0 atom stereocenters. The first kappa shape index (κ1) is 15.0. The Kier molecular flexibility index (Phi) is 5.59. The van der Waals surface area contributed by atoms with Gasteiger partial charge < -0.3 is 15.0 Å². The molecule has 0 spiro atoms. The van der Waals surface area contributed by atoms with Gasteiger partial charge >= 0.3 is 0 Å². The Morgan fingerprint density at radius 2 is 2.10 bits per heavy atom. The van der Waals surface area contributed by atoms with Crippen LogP contribution in [-0.4, -0.2) is 43.3 Å². The van der Waals surface area contributed by atoms with Gasteiger partial charge in [0.05, 0.1) is 0 Å². The second kappa shape index (κ2) is 7.43. The van der Waals surface area contributed by atoms with Crippen molar-refractivity contribution in [1.82, 2.24) is 9.97 Å². The summed E-state index contributed by atoms with van der Waals surface area (Å²) < 4.78 is 5.42. The molecule has 5 nitrogen and oxygen atoms in total. The molecule has 0 saturated carbocycles. The summed E-state index contributed by atoms with van der Waals surface area (Å²) in [5.74, 6) is 2.69. The number of ether oxygens (including phenoxy) is 1. The fourth-order valence-corrected chi connectivity index (χ4v) is 2.65. The Balaban J connectivity index is 2.02. The predicted octanol–water partition coefficient (Wildman–Crippen LogP) is 2.47.